The van der Waals surface area contributed by atoms with Gasteiger partial charge in [0.2, 0.25) is 0 Å². The largest absolute Gasteiger partial charge is 0.125 e. The first-order chi connectivity index (χ1) is 6.25. The summed E-state index contributed by atoms with van der Waals surface area (Å²) in [5.74, 6) is 0. The van der Waals surface area contributed by atoms with Gasteiger partial charge in [0.05, 0.1) is 0 Å². The SMILES string of the molecule is C=C=C(C)c1ccccc1C.CC. The molecule has 0 heteroatoms. The molecule has 0 aliphatic carbocycles. The molecule has 1 aromatic rings. The van der Waals surface area contributed by atoms with Gasteiger partial charge in [-0.3, -0.25) is 0 Å². The highest BCUT2D eigenvalue weighted by molar-refractivity contribution is 5.65. The molecule has 0 saturated heterocycles. The van der Waals surface area contributed by atoms with Crippen LogP contribution in [-0.4, -0.2) is 0 Å². The van der Waals surface area contributed by atoms with Gasteiger partial charge in [0.1, 0.15) is 0 Å². The van der Waals surface area contributed by atoms with Crippen LogP contribution < -0.4 is 0 Å². The van der Waals surface area contributed by atoms with Crippen LogP contribution in [0.4, 0.5) is 0 Å². The summed E-state index contributed by atoms with van der Waals surface area (Å²) in [6, 6.07) is 8.25. The molecule has 0 heterocycles. The zero-order chi connectivity index (χ0) is 10.3. The minimum atomic E-state index is 1.11. The lowest BCUT2D eigenvalue weighted by Crippen LogP contribution is -1.82. The number of hydrogen-bond donors (Lipinski definition) is 0. The fourth-order valence-corrected chi connectivity index (χ4v) is 1.09. The van der Waals surface area contributed by atoms with E-state index in [0.29, 0.717) is 0 Å². The Hall–Kier alpha value is -1.26. The van der Waals surface area contributed by atoms with Gasteiger partial charge in [-0.15, -0.1) is 5.73 Å². The standard InChI is InChI=1S/C11H12.C2H6/c1-4-9(2)11-8-6-5-7-10(11)3;1-2/h5-8H,1H2,2-3H3;1-2H3. The molecule has 0 N–H and O–H groups in total. The Morgan fingerprint density at radius 2 is 1.77 bits per heavy atom. The first kappa shape index (κ1) is 11.7. The van der Waals surface area contributed by atoms with Gasteiger partial charge in [0, 0.05) is 0 Å². The summed E-state index contributed by atoms with van der Waals surface area (Å²) in [5.41, 5.74) is 6.52. The van der Waals surface area contributed by atoms with Crippen LogP contribution in [0.2, 0.25) is 0 Å². The second kappa shape index (κ2) is 6.28. The molecular formula is C13H18. The second-order valence-electron chi connectivity index (χ2n) is 2.62. The molecular weight excluding hydrogens is 156 g/mol. The summed E-state index contributed by atoms with van der Waals surface area (Å²) in [7, 11) is 0. The summed E-state index contributed by atoms with van der Waals surface area (Å²) in [5, 5.41) is 0. The van der Waals surface area contributed by atoms with Crippen molar-refractivity contribution in [3.8, 4) is 0 Å². The Bertz CT molecular complexity index is 302. The van der Waals surface area contributed by atoms with E-state index < -0.39 is 0 Å². The molecule has 1 rings (SSSR count). The molecule has 13 heavy (non-hydrogen) atoms. The molecule has 0 unspecified atom stereocenters. The van der Waals surface area contributed by atoms with E-state index in [-0.39, 0.29) is 0 Å². The van der Waals surface area contributed by atoms with Gasteiger partial charge in [-0.1, -0.05) is 44.7 Å². The van der Waals surface area contributed by atoms with Crippen molar-refractivity contribution >= 4 is 5.57 Å². The topological polar surface area (TPSA) is 0 Å². The van der Waals surface area contributed by atoms with Crippen molar-refractivity contribution < 1.29 is 0 Å². The number of allylic oxidation sites excluding steroid dienone is 1. The quantitative estimate of drug-likeness (QED) is 0.559. The molecule has 0 fully saturated rings. The van der Waals surface area contributed by atoms with Gasteiger partial charge >= 0.3 is 0 Å². The Labute approximate surface area is 81.6 Å². The van der Waals surface area contributed by atoms with E-state index in [9.17, 15) is 0 Å². The number of hydrogen-bond acceptors (Lipinski definition) is 0. The maximum atomic E-state index is 3.62. The molecule has 0 aliphatic rings. The third-order valence-electron chi connectivity index (χ3n) is 1.81. The Morgan fingerprint density at radius 3 is 2.23 bits per heavy atom. The molecule has 0 aromatic heterocycles. The smallest absolute Gasteiger partial charge is 0.00226 e. The molecule has 0 aliphatic heterocycles. The van der Waals surface area contributed by atoms with Crippen LogP contribution in [0.15, 0.2) is 36.6 Å². The molecule has 0 atom stereocenters. The average molecular weight is 174 g/mol. The predicted octanol–water partition coefficient (Wildman–Crippen LogP) is 4.21. The Morgan fingerprint density at radius 1 is 1.23 bits per heavy atom. The van der Waals surface area contributed by atoms with Crippen molar-refractivity contribution in [3.05, 3.63) is 47.7 Å². The molecule has 0 nitrogen and oxygen atoms in total. The summed E-state index contributed by atoms with van der Waals surface area (Å²) in [6.45, 7) is 11.7. The molecule has 0 spiro atoms. The first-order valence-electron chi connectivity index (χ1n) is 4.68. The van der Waals surface area contributed by atoms with Crippen molar-refractivity contribution in [2.24, 2.45) is 0 Å². The predicted molar refractivity (Wildman–Crippen MR) is 60.7 cm³/mol. The van der Waals surface area contributed by atoms with E-state index in [1.165, 1.54) is 11.1 Å². The lowest BCUT2D eigenvalue weighted by Gasteiger charge is -2.01. The first-order valence-corrected chi connectivity index (χ1v) is 4.68. The van der Waals surface area contributed by atoms with Crippen LogP contribution >= 0.6 is 0 Å². The van der Waals surface area contributed by atoms with Gasteiger partial charge in [0.15, 0.2) is 0 Å². The highest BCUT2D eigenvalue weighted by atomic mass is 14.0. The summed E-state index contributed by atoms with van der Waals surface area (Å²) in [6.07, 6.45) is 0. The average Bonchev–Trinajstić information content (AvgIpc) is 2.20. The van der Waals surface area contributed by atoms with Crippen molar-refractivity contribution in [2.45, 2.75) is 27.7 Å². The normalized spacial score (nSPS) is 8.00. The van der Waals surface area contributed by atoms with Gasteiger partial charge in [-0.2, -0.15) is 0 Å². The molecule has 1 aromatic carbocycles. The zero-order valence-corrected chi connectivity index (χ0v) is 9.02. The van der Waals surface area contributed by atoms with E-state index in [4.69, 9.17) is 0 Å². The Kier molecular flexibility index (Phi) is 5.67. The summed E-state index contributed by atoms with van der Waals surface area (Å²) in [4.78, 5) is 0. The van der Waals surface area contributed by atoms with E-state index in [1.807, 2.05) is 32.9 Å². The van der Waals surface area contributed by atoms with Gasteiger partial charge in [-0.05, 0) is 30.5 Å². The molecule has 0 amide bonds. The number of rotatable bonds is 1. The van der Waals surface area contributed by atoms with E-state index in [2.05, 4.69) is 31.4 Å². The van der Waals surface area contributed by atoms with Gasteiger partial charge in [-0.25, -0.2) is 0 Å². The molecule has 0 saturated carbocycles. The minimum Gasteiger partial charge on any atom is -0.125 e. The van der Waals surface area contributed by atoms with Crippen molar-refractivity contribution in [3.63, 3.8) is 0 Å². The van der Waals surface area contributed by atoms with Crippen LogP contribution in [-0.2, 0) is 0 Å². The highest BCUT2D eigenvalue weighted by Crippen LogP contribution is 2.15. The summed E-state index contributed by atoms with van der Waals surface area (Å²) >= 11 is 0. The maximum Gasteiger partial charge on any atom is -0.00226 e. The summed E-state index contributed by atoms with van der Waals surface area (Å²) < 4.78 is 0. The van der Waals surface area contributed by atoms with Gasteiger partial charge in [0.25, 0.3) is 0 Å². The van der Waals surface area contributed by atoms with Crippen molar-refractivity contribution in [1.82, 2.24) is 0 Å². The lowest BCUT2D eigenvalue weighted by molar-refractivity contribution is 1.41. The third-order valence-corrected chi connectivity index (χ3v) is 1.81. The molecule has 0 bridgehead atoms. The van der Waals surface area contributed by atoms with Crippen LogP contribution in [0.1, 0.15) is 31.9 Å². The van der Waals surface area contributed by atoms with E-state index in [1.54, 1.807) is 0 Å². The highest BCUT2D eigenvalue weighted by Gasteiger charge is 1.95. The fraction of sp³-hybridized carbons (Fsp3) is 0.308. The zero-order valence-electron chi connectivity index (χ0n) is 9.02. The Balaban J connectivity index is 0.000000671. The van der Waals surface area contributed by atoms with Gasteiger partial charge < -0.3 is 0 Å². The number of aryl methyl sites for hydroxylation is 1. The monoisotopic (exact) mass is 174 g/mol. The van der Waals surface area contributed by atoms with Crippen LogP contribution in [0.3, 0.4) is 0 Å². The lowest BCUT2D eigenvalue weighted by atomic mass is 10.0. The second-order valence-corrected chi connectivity index (χ2v) is 2.62. The van der Waals surface area contributed by atoms with E-state index >= 15 is 0 Å². The third kappa shape index (κ3) is 3.31. The van der Waals surface area contributed by atoms with Crippen LogP contribution in [0.5, 0.6) is 0 Å². The van der Waals surface area contributed by atoms with Crippen LogP contribution in [0.25, 0.3) is 5.57 Å². The van der Waals surface area contributed by atoms with Crippen molar-refractivity contribution in [1.29, 1.82) is 0 Å². The molecule has 70 valence electrons. The number of benzene rings is 1. The van der Waals surface area contributed by atoms with Crippen molar-refractivity contribution in [2.75, 3.05) is 0 Å². The maximum absolute atomic E-state index is 3.62. The minimum absolute atomic E-state index is 1.11. The fourth-order valence-electron chi connectivity index (χ4n) is 1.09. The van der Waals surface area contributed by atoms with E-state index in [0.717, 1.165) is 5.57 Å². The van der Waals surface area contributed by atoms with Crippen LogP contribution in [0, 0.1) is 6.92 Å². The molecule has 0 radical (unpaired) electrons.